The van der Waals surface area contributed by atoms with Gasteiger partial charge in [0, 0.05) is 42.3 Å². The molecule has 0 saturated carbocycles. The van der Waals surface area contributed by atoms with Crippen molar-refractivity contribution in [2.45, 2.75) is 19.4 Å². The number of hydrogen-bond acceptors (Lipinski definition) is 2. The van der Waals surface area contributed by atoms with Crippen molar-refractivity contribution >= 4 is 15.9 Å². The zero-order chi connectivity index (χ0) is 13.8. The van der Waals surface area contributed by atoms with Gasteiger partial charge in [0.1, 0.15) is 5.82 Å². The van der Waals surface area contributed by atoms with Gasteiger partial charge in [-0.05, 0) is 25.1 Å². The average molecular weight is 326 g/mol. The van der Waals surface area contributed by atoms with Gasteiger partial charge in [0.05, 0.1) is 5.69 Å². The predicted molar refractivity (Wildman–Crippen MR) is 77.4 cm³/mol. The Morgan fingerprint density at radius 2 is 2.21 bits per heavy atom. The van der Waals surface area contributed by atoms with Gasteiger partial charge in [0.25, 0.3) is 0 Å². The Morgan fingerprint density at radius 3 is 2.84 bits per heavy atom. The van der Waals surface area contributed by atoms with Crippen molar-refractivity contribution in [2.75, 3.05) is 6.54 Å². The van der Waals surface area contributed by atoms with Crippen LogP contribution in [-0.4, -0.2) is 16.3 Å². The molecule has 19 heavy (non-hydrogen) atoms. The van der Waals surface area contributed by atoms with E-state index >= 15 is 0 Å². The summed E-state index contributed by atoms with van der Waals surface area (Å²) in [6, 6.07) is 7.13. The fourth-order valence-electron chi connectivity index (χ4n) is 1.98. The molecule has 0 saturated heterocycles. The van der Waals surface area contributed by atoms with Crippen molar-refractivity contribution in [1.82, 2.24) is 15.1 Å². The standard InChI is InChI=1S/C14H17BrFN3/c1-10(13-4-3-11(15)9-14(13)16)17-7-5-12-6-8-19(2)18-12/h3-4,6,8-10,17H,5,7H2,1-2H3. The maximum absolute atomic E-state index is 13.8. The second kappa shape index (κ2) is 6.30. The van der Waals surface area contributed by atoms with E-state index in [0.717, 1.165) is 23.1 Å². The molecule has 0 fully saturated rings. The second-order valence-corrected chi connectivity index (χ2v) is 5.49. The first kappa shape index (κ1) is 14.2. The molecule has 1 unspecified atom stereocenters. The number of benzene rings is 1. The van der Waals surface area contributed by atoms with E-state index in [-0.39, 0.29) is 11.9 Å². The molecule has 0 spiro atoms. The van der Waals surface area contributed by atoms with E-state index in [2.05, 4.69) is 26.3 Å². The summed E-state index contributed by atoms with van der Waals surface area (Å²) in [6.07, 6.45) is 2.76. The molecule has 2 aromatic rings. The molecule has 3 nitrogen and oxygen atoms in total. The topological polar surface area (TPSA) is 29.9 Å². The van der Waals surface area contributed by atoms with Gasteiger partial charge in [-0.1, -0.05) is 22.0 Å². The highest BCUT2D eigenvalue weighted by Crippen LogP contribution is 2.20. The van der Waals surface area contributed by atoms with E-state index in [0.29, 0.717) is 5.56 Å². The molecule has 0 amide bonds. The molecule has 1 aromatic carbocycles. The van der Waals surface area contributed by atoms with E-state index in [4.69, 9.17) is 0 Å². The van der Waals surface area contributed by atoms with Gasteiger partial charge in [0.15, 0.2) is 0 Å². The van der Waals surface area contributed by atoms with E-state index in [1.807, 2.05) is 32.3 Å². The molecule has 1 atom stereocenters. The molecule has 1 aromatic heterocycles. The number of rotatable bonds is 5. The first-order valence-corrected chi connectivity index (χ1v) is 7.02. The van der Waals surface area contributed by atoms with Gasteiger partial charge in [-0.25, -0.2) is 4.39 Å². The van der Waals surface area contributed by atoms with E-state index in [1.165, 1.54) is 6.07 Å². The Bertz CT molecular complexity index is 553. The number of nitrogens with one attached hydrogen (secondary N) is 1. The summed E-state index contributed by atoms with van der Waals surface area (Å²) in [5.74, 6) is -0.188. The van der Waals surface area contributed by atoms with Crippen LogP contribution in [0.25, 0.3) is 0 Å². The van der Waals surface area contributed by atoms with Crippen molar-refractivity contribution in [3.05, 3.63) is 52.0 Å². The largest absolute Gasteiger partial charge is 0.310 e. The zero-order valence-corrected chi connectivity index (χ0v) is 12.6. The summed E-state index contributed by atoms with van der Waals surface area (Å²) in [4.78, 5) is 0. The Hall–Kier alpha value is -1.20. The lowest BCUT2D eigenvalue weighted by atomic mass is 10.1. The molecule has 0 aliphatic rings. The maximum Gasteiger partial charge on any atom is 0.129 e. The summed E-state index contributed by atoms with van der Waals surface area (Å²) in [6.45, 7) is 2.73. The molecule has 1 heterocycles. The Balaban J connectivity index is 1.88. The highest BCUT2D eigenvalue weighted by Gasteiger charge is 2.10. The minimum absolute atomic E-state index is 0.0168. The summed E-state index contributed by atoms with van der Waals surface area (Å²) < 4.78 is 16.3. The zero-order valence-electron chi connectivity index (χ0n) is 11.0. The highest BCUT2D eigenvalue weighted by atomic mass is 79.9. The lowest BCUT2D eigenvalue weighted by Gasteiger charge is -2.14. The fraction of sp³-hybridized carbons (Fsp3) is 0.357. The molecular weight excluding hydrogens is 309 g/mol. The molecule has 2 rings (SSSR count). The third-order valence-corrected chi connectivity index (χ3v) is 3.52. The van der Waals surface area contributed by atoms with Crippen LogP contribution in [0.4, 0.5) is 4.39 Å². The third-order valence-electron chi connectivity index (χ3n) is 3.03. The van der Waals surface area contributed by atoms with E-state index < -0.39 is 0 Å². The van der Waals surface area contributed by atoms with Crippen molar-refractivity contribution < 1.29 is 4.39 Å². The van der Waals surface area contributed by atoms with Crippen LogP contribution in [0.5, 0.6) is 0 Å². The minimum Gasteiger partial charge on any atom is -0.310 e. The maximum atomic E-state index is 13.8. The average Bonchev–Trinajstić information content (AvgIpc) is 2.75. The van der Waals surface area contributed by atoms with Crippen LogP contribution in [0.2, 0.25) is 0 Å². The third kappa shape index (κ3) is 3.88. The first-order chi connectivity index (χ1) is 9.06. The molecule has 102 valence electrons. The SMILES string of the molecule is CC(NCCc1ccn(C)n1)c1ccc(Br)cc1F. The van der Waals surface area contributed by atoms with Crippen LogP contribution >= 0.6 is 15.9 Å². The lowest BCUT2D eigenvalue weighted by molar-refractivity contribution is 0.528. The first-order valence-electron chi connectivity index (χ1n) is 6.23. The number of hydrogen-bond donors (Lipinski definition) is 1. The highest BCUT2D eigenvalue weighted by molar-refractivity contribution is 9.10. The summed E-state index contributed by atoms with van der Waals surface area (Å²) in [7, 11) is 1.90. The molecule has 0 radical (unpaired) electrons. The van der Waals surface area contributed by atoms with Crippen LogP contribution in [-0.2, 0) is 13.5 Å². The number of aromatic nitrogens is 2. The normalized spacial score (nSPS) is 12.6. The van der Waals surface area contributed by atoms with Crippen molar-refractivity contribution in [2.24, 2.45) is 7.05 Å². The van der Waals surface area contributed by atoms with Gasteiger partial charge in [-0.2, -0.15) is 5.10 Å². The van der Waals surface area contributed by atoms with Gasteiger partial charge in [0.2, 0.25) is 0 Å². The summed E-state index contributed by atoms with van der Waals surface area (Å²) >= 11 is 3.26. The van der Waals surface area contributed by atoms with Gasteiger partial charge >= 0.3 is 0 Å². The van der Waals surface area contributed by atoms with Crippen molar-refractivity contribution in [3.8, 4) is 0 Å². The van der Waals surface area contributed by atoms with Crippen LogP contribution in [0.3, 0.4) is 0 Å². The quantitative estimate of drug-likeness (QED) is 0.914. The Labute approximate surface area is 121 Å². The number of aryl methyl sites for hydroxylation is 1. The molecule has 5 heteroatoms. The number of nitrogens with zero attached hydrogens (tertiary/aromatic N) is 2. The number of halogens is 2. The summed E-state index contributed by atoms with van der Waals surface area (Å²) in [5, 5.41) is 7.62. The Morgan fingerprint density at radius 1 is 1.42 bits per heavy atom. The van der Waals surface area contributed by atoms with Crippen LogP contribution in [0.1, 0.15) is 24.2 Å². The van der Waals surface area contributed by atoms with Gasteiger partial charge in [-0.15, -0.1) is 0 Å². The van der Waals surface area contributed by atoms with Crippen molar-refractivity contribution in [1.29, 1.82) is 0 Å². The summed E-state index contributed by atoms with van der Waals surface area (Å²) in [5.41, 5.74) is 1.72. The molecule has 0 aliphatic carbocycles. The van der Waals surface area contributed by atoms with Crippen LogP contribution in [0, 0.1) is 5.82 Å². The monoisotopic (exact) mass is 325 g/mol. The fourth-order valence-corrected chi connectivity index (χ4v) is 2.31. The van der Waals surface area contributed by atoms with E-state index in [1.54, 1.807) is 10.7 Å². The van der Waals surface area contributed by atoms with Crippen LogP contribution in [0.15, 0.2) is 34.9 Å². The Kier molecular flexibility index (Phi) is 4.71. The second-order valence-electron chi connectivity index (χ2n) is 4.57. The predicted octanol–water partition coefficient (Wildman–Crippen LogP) is 3.22. The van der Waals surface area contributed by atoms with Gasteiger partial charge < -0.3 is 5.32 Å². The molecular formula is C14H17BrFN3. The minimum atomic E-state index is -0.188. The lowest BCUT2D eigenvalue weighted by Crippen LogP contribution is -2.22. The smallest absolute Gasteiger partial charge is 0.129 e. The molecule has 0 aliphatic heterocycles. The van der Waals surface area contributed by atoms with Gasteiger partial charge in [-0.3, -0.25) is 4.68 Å². The van der Waals surface area contributed by atoms with Crippen LogP contribution < -0.4 is 5.32 Å². The van der Waals surface area contributed by atoms with Crippen molar-refractivity contribution in [3.63, 3.8) is 0 Å². The molecule has 0 bridgehead atoms. The van der Waals surface area contributed by atoms with E-state index in [9.17, 15) is 4.39 Å². The molecule has 1 N–H and O–H groups in total.